The van der Waals surface area contributed by atoms with Gasteiger partial charge in [0.15, 0.2) is 0 Å². The van der Waals surface area contributed by atoms with Gasteiger partial charge >= 0.3 is 5.69 Å². The van der Waals surface area contributed by atoms with Crippen molar-refractivity contribution in [2.75, 3.05) is 12.4 Å². The molecule has 0 spiro atoms. The van der Waals surface area contributed by atoms with Gasteiger partial charge in [-0.25, -0.2) is 4.68 Å². The van der Waals surface area contributed by atoms with Gasteiger partial charge in [0.2, 0.25) is 5.82 Å². The fourth-order valence-electron chi connectivity index (χ4n) is 2.13. The Morgan fingerprint density at radius 1 is 1.38 bits per heavy atom. The predicted molar refractivity (Wildman–Crippen MR) is 79.6 cm³/mol. The molecule has 0 aliphatic carbocycles. The van der Waals surface area contributed by atoms with Crippen molar-refractivity contribution in [2.24, 2.45) is 7.05 Å². The highest BCUT2D eigenvalue weighted by molar-refractivity contribution is 5.60. The van der Waals surface area contributed by atoms with Crippen LogP contribution in [0.25, 0.3) is 0 Å². The highest BCUT2D eigenvalue weighted by Gasteiger charge is 2.25. The van der Waals surface area contributed by atoms with Gasteiger partial charge in [-0.1, -0.05) is 19.1 Å². The summed E-state index contributed by atoms with van der Waals surface area (Å²) in [6.45, 7) is 2.33. The number of aryl methyl sites for hydroxylation is 2. The molecule has 0 aliphatic heterocycles. The zero-order valence-corrected chi connectivity index (χ0v) is 12.3. The maximum absolute atomic E-state index is 11.2. The lowest BCUT2D eigenvalue weighted by Gasteiger charge is -2.07. The van der Waals surface area contributed by atoms with Crippen molar-refractivity contribution in [3.8, 4) is 5.75 Å². The van der Waals surface area contributed by atoms with Crippen molar-refractivity contribution in [1.82, 2.24) is 9.78 Å². The Labute approximate surface area is 122 Å². The van der Waals surface area contributed by atoms with E-state index in [0.717, 1.165) is 11.3 Å². The summed E-state index contributed by atoms with van der Waals surface area (Å²) < 4.78 is 6.61. The summed E-state index contributed by atoms with van der Waals surface area (Å²) in [6.07, 6.45) is 0.522. The number of methoxy groups -OCH3 is 1. The lowest BCUT2D eigenvalue weighted by atomic mass is 10.2. The van der Waals surface area contributed by atoms with Crippen LogP contribution in [-0.2, 0) is 20.0 Å². The van der Waals surface area contributed by atoms with Gasteiger partial charge in [-0.2, -0.15) is 5.10 Å². The monoisotopic (exact) mass is 290 g/mol. The molecule has 2 aromatic rings. The summed E-state index contributed by atoms with van der Waals surface area (Å²) >= 11 is 0. The van der Waals surface area contributed by atoms with Gasteiger partial charge in [0.1, 0.15) is 11.4 Å². The third kappa shape index (κ3) is 3.13. The Morgan fingerprint density at radius 3 is 2.57 bits per heavy atom. The van der Waals surface area contributed by atoms with Crippen molar-refractivity contribution in [2.45, 2.75) is 19.9 Å². The fourth-order valence-corrected chi connectivity index (χ4v) is 2.13. The summed E-state index contributed by atoms with van der Waals surface area (Å²) in [4.78, 5) is 10.8. The molecule has 0 saturated carbocycles. The number of benzene rings is 1. The van der Waals surface area contributed by atoms with Crippen LogP contribution in [0.4, 0.5) is 11.5 Å². The zero-order chi connectivity index (χ0) is 15.4. The van der Waals surface area contributed by atoms with Crippen molar-refractivity contribution in [3.63, 3.8) is 0 Å². The van der Waals surface area contributed by atoms with Gasteiger partial charge in [-0.15, -0.1) is 0 Å². The molecule has 1 aromatic heterocycles. The molecule has 0 saturated heterocycles. The molecule has 112 valence electrons. The maximum atomic E-state index is 11.2. The highest BCUT2D eigenvalue weighted by atomic mass is 16.6. The lowest BCUT2D eigenvalue weighted by molar-refractivity contribution is -0.384. The summed E-state index contributed by atoms with van der Waals surface area (Å²) in [6, 6.07) is 7.53. The van der Waals surface area contributed by atoms with Crippen LogP contribution in [0.1, 0.15) is 18.2 Å². The first kappa shape index (κ1) is 14.8. The Hall–Kier alpha value is -2.57. The van der Waals surface area contributed by atoms with Crippen molar-refractivity contribution >= 4 is 11.5 Å². The summed E-state index contributed by atoms with van der Waals surface area (Å²) in [7, 11) is 3.31. The molecular weight excluding hydrogens is 272 g/mol. The van der Waals surface area contributed by atoms with E-state index in [9.17, 15) is 10.1 Å². The Morgan fingerprint density at radius 2 is 2.05 bits per heavy atom. The molecular formula is C14H18N4O3. The molecule has 0 radical (unpaired) electrons. The summed E-state index contributed by atoms with van der Waals surface area (Å²) in [5, 5.41) is 18.5. The Balaban J connectivity index is 2.19. The van der Waals surface area contributed by atoms with E-state index in [-0.39, 0.29) is 10.6 Å². The average molecular weight is 290 g/mol. The van der Waals surface area contributed by atoms with E-state index < -0.39 is 0 Å². The first-order valence-electron chi connectivity index (χ1n) is 6.63. The topological polar surface area (TPSA) is 82.2 Å². The van der Waals surface area contributed by atoms with Crippen LogP contribution in [0.5, 0.6) is 5.75 Å². The largest absolute Gasteiger partial charge is 0.497 e. The first-order valence-corrected chi connectivity index (χ1v) is 6.63. The number of nitrogens with zero attached hydrogens (tertiary/aromatic N) is 3. The maximum Gasteiger partial charge on any atom is 0.333 e. The fraction of sp³-hybridized carbons (Fsp3) is 0.357. The molecule has 7 nitrogen and oxygen atoms in total. The second-order valence-electron chi connectivity index (χ2n) is 4.58. The molecule has 21 heavy (non-hydrogen) atoms. The smallest absolute Gasteiger partial charge is 0.333 e. The van der Waals surface area contributed by atoms with E-state index in [1.807, 2.05) is 31.2 Å². The van der Waals surface area contributed by atoms with Crippen molar-refractivity contribution in [3.05, 3.63) is 45.6 Å². The third-order valence-electron chi connectivity index (χ3n) is 3.23. The van der Waals surface area contributed by atoms with E-state index in [1.165, 1.54) is 4.68 Å². The van der Waals surface area contributed by atoms with Crippen LogP contribution in [0.3, 0.4) is 0 Å². The molecule has 7 heteroatoms. The first-order chi connectivity index (χ1) is 10.1. The summed E-state index contributed by atoms with van der Waals surface area (Å²) in [5.74, 6) is 1.20. The standard InChI is InChI=1S/C14H18N4O3/c1-4-12-13(18(19)20)14(17(2)16-12)15-9-10-5-7-11(21-3)8-6-10/h5-8,15H,4,9H2,1-3H3. The molecule has 1 heterocycles. The average Bonchev–Trinajstić information content (AvgIpc) is 2.81. The van der Waals surface area contributed by atoms with Crippen LogP contribution >= 0.6 is 0 Å². The lowest BCUT2D eigenvalue weighted by Crippen LogP contribution is -2.06. The second kappa shape index (κ2) is 6.25. The third-order valence-corrected chi connectivity index (χ3v) is 3.23. The molecule has 1 aromatic carbocycles. The summed E-state index contributed by atoms with van der Waals surface area (Å²) in [5.41, 5.74) is 1.54. The quantitative estimate of drug-likeness (QED) is 0.653. The normalized spacial score (nSPS) is 10.4. The minimum atomic E-state index is -0.387. The van der Waals surface area contributed by atoms with Crippen LogP contribution in [0.2, 0.25) is 0 Å². The van der Waals surface area contributed by atoms with E-state index in [4.69, 9.17) is 4.74 Å². The van der Waals surface area contributed by atoms with Crippen LogP contribution < -0.4 is 10.1 Å². The number of hydrogen-bond donors (Lipinski definition) is 1. The zero-order valence-electron chi connectivity index (χ0n) is 12.3. The van der Waals surface area contributed by atoms with E-state index in [2.05, 4.69) is 10.4 Å². The number of rotatable bonds is 6. The second-order valence-corrected chi connectivity index (χ2v) is 4.58. The van der Waals surface area contributed by atoms with Crippen molar-refractivity contribution < 1.29 is 9.66 Å². The number of ether oxygens (including phenoxy) is 1. The highest BCUT2D eigenvalue weighted by Crippen LogP contribution is 2.28. The minimum absolute atomic E-state index is 0.0495. The predicted octanol–water partition coefficient (Wildman–Crippen LogP) is 2.51. The molecule has 0 atom stereocenters. The molecule has 2 rings (SSSR count). The molecule has 0 amide bonds. The van der Waals surface area contributed by atoms with Gasteiger partial charge in [-0.3, -0.25) is 10.1 Å². The Kier molecular flexibility index (Phi) is 4.42. The number of hydrogen-bond acceptors (Lipinski definition) is 5. The minimum Gasteiger partial charge on any atom is -0.497 e. The number of nitro groups is 1. The van der Waals surface area contributed by atoms with Gasteiger partial charge in [0.25, 0.3) is 0 Å². The van der Waals surface area contributed by atoms with Gasteiger partial charge in [0.05, 0.1) is 12.0 Å². The van der Waals surface area contributed by atoms with Crippen molar-refractivity contribution in [1.29, 1.82) is 0 Å². The SMILES string of the molecule is CCc1nn(C)c(NCc2ccc(OC)cc2)c1[N+](=O)[O-]. The van der Waals surface area contributed by atoms with Crippen LogP contribution in [-0.4, -0.2) is 21.8 Å². The van der Waals surface area contributed by atoms with Gasteiger partial charge in [0, 0.05) is 13.6 Å². The number of nitrogens with one attached hydrogen (secondary N) is 1. The molecule has 0 bridgehead atoms. The number of anilines is 1. The van der Waals surface area contributed by atoms with E-state index in [0.29, 0.717) is 24.5 Å². The molecule has 1 N–H and O–H groups in total. The van der Waals surface area contributed by atoms with Crippen LogP contribution in [0.15, 0.2) is 24.3 Å². The van der Waals surface area contributed by atoms with Gasteiger partial charge in [-0.05, 0) is 24.1 Å². The molecule has 0 aliphatic rings. The van der Waals surface area contributed by atoms with E-state index in [1.54, 1.807) is 14.2 Å². The van der Waals surface area contributed by atoms with Gasteiger partial charge < -0.3 is 10.1 Å². The molecule has 0 unspecified atom stereocenters. The van der Waals surface area contributed by atoms with Crippen LogP contribution in [0, 0.1) is 10.1 Å². The number of aromatic nitrogens is 2. The molecule has 0 fully saturated rings. The van der Waals surface area contributed by atoms with E-state index >= 15 is 0 Å². The Bertz CT molecular complexity index is 634.